The topological polar surface area (TPSA) is 81.4 Å². The Morgan fingerprint density at radius 3 is 2.69 bits per heavy atom. The summed E-state index contributed by atoms with van der Waals surface area (Å²) in [7, 11) is 0. The van der Waals surface area contributed by atoms with Crippen molar-refractivity contribution < 1.29 is 14.3 Å². The van der Waals surface area contributed by atoms with Gasteiger partial charge < -0.3 is 10.5 Å². The van der Waals surface area contributed by atoms with Gasteiger partial charge in [0.15, 0.2) is 6.61 Å². The van der Waals surface area contributed by atoms with E-state index in [1.165, 1.54) is 0 Å². The van der Waals surface area contributed by atoms with Crippen molar-refractivity contribution in [3.63, 3.8) is 0 Å². The smallest absolute Gasteiger partial charge is 0.318 e. The van der Waals surface area contributed by atoms with Crippen molar-refractivity contribution in [3.05, 3.63) is 29.3 Å². The van der Waals surface area contributed by atoms with E-state index in [0.717, 1.165) is 11.1 Å². The third-order valence-electron chi connectivity index (χ3n) is 1.97. The van der Waals surface area contributed by atoms with Gasteiger partial charge in [0, 0.05) is 0 Å². The maximum Gasteiger partial charge on any atom is 0.318 e. The number of ether oxygens (including phenoxy) is 1. The maximum absolute atomic E-state index is 11.1. The summed E-state index contributed by atoms with van der Waals surface area (Å²) >= 11 is 0. The second-order valence-electron chi connectivity index (χ2n) is 3.47. The van der Waals surface area contributed by atoms with Crippen molar-refractivity contribution in [2.24, 2.45) is 5.73 Å². The standard InChI is InChI=1S/C11H14N2O3/c1-7-3-4-8(2)9(5-7)16-6-10(14)13-11(12)15/h3-5H,6H2,1-2H3,(H3,12,13,14,15). The number of amides is 3. The minimum atomic E-state index is -0.880. The first-order valence-electron chi connectivity index (χ1n) is 4.78. The number of nitrogens with two attached hydrogens (primary N) is 1. The Bertz CT molecular complexity index is 416. The van der Waals surface area contributed by atoms with Crippen LogP contribution in [0.3, 0.4) is 0 Å². The van der Waals surface area contributed by atoms with Gasteiger partial charge in [0.05, 0.1) is 0 Å². The molecular weight excluding hydrogens is 208 g/mol. The fraction of sp³-hybridized carbons (Fsp3) is 0.273. The molecule has 0 fully saturated rings. The summed E-state index contributed by atoms with van der Waals surface area (Å²) in [5.74, 6) is 0.0630. The van der Waals surface area contributed by atoms with Crippen molar-refractivity contribution in [2.75, 3.05) is 6.61 Å². The van der Waals surface area contributed by atoms with E-state index < -0.39 is 11.9 Å². The van der Waals surface area contributed by atoms with Crippen LogP contribution < -0.4 is 15.8 Å². The van der Waals surface area contributed by atoms with Crippen molar-refractivity contribution in [1.82, 2.24) is 5.32 Å². The van der Waals surface area contributed by atoms with E-state index in [9.17, 15) is 9.59 Å². The van der Waals surface area contributed by atoms with Crippen LogP contribution in [0.15, 0.2) is 18.2 Å². The Morgan fingerprint density at radius 1 is 1.38 bits per heavy atom. The second kappa shape index (κ2) is 5.16. The molecule has 16 heavy (non-hydrogen) atoms. The predicted octanol–water partition coefficient (Wildman–Crippen LogP) is 0.877. The van der Waals surface area contributed by atoms with Crippen LogP contribution in [-0.4, -0.2) is 18.5 Å². The number of carbonyl (C=O) groups is 2. The largest absolute Gasteiger partial charge is 0.483 e. The van der Waals surface area contributed by atoms with Crippen LogP contribution in [0.4, 0.5) is 4.79 Å². The summed E-state index contributed by atoms with van der Waals surface area (Å²) in [6, 6.07) is 4.80. The molecular formula is C11H14N2O3. The molecule has 1 aromatic carbocycles. The van der Waals surface area contributed by atoms with Gasteiger partial charge in [-0.2, -0.15) is 0 Å². The monoisotopic (exact) mass is 222 g/mol. The normalized spacial score (nSPS) is 9.62. The Hall–Kier alpha value is -2.04. The van der Waals surface area contributed by atoms with Crippen molar-refractivity contribution >= 4 is 11.9 Å². The lowest BCUT2D eigenvalue weighted by Gasteiger charge is -2.09. The van der Waals surface area contributed by atoms with Crippen LogP contribution in [0.2, 0.25) is 0 Å². The molecule has 0 aliphatic heterocycles. The molecule has 1 rings (SSSR count). The summed E-state index contributed by atoms with van der Waals surface area (Å²) in [4.78, 5) is 21.5. The molecule has 5 nitrogen and oxygen atoms in total. The molecule has 0 unspecified atom stereocenters. The minimum absolute atomic E-state index is 0.229. The van der Waals surface area contributed by atoms with Gasteiger partial charge >= 0.3 is 6.03 Å². The number of hydrogen-bond donors (Lipinski definition) is 2. The Labute approximate surface area is 93.6 Å². The molecule has 5 heteroatoms. The molecule has 0 heterocycles. The average Bonchev–Trinajstić information content (AvgIpc) is 2.18. The lowest BCUT2D eigenvalue weighted by molar-refractivity contribution is -0.121. The molecule has 0 spiro atoms. The highest BCUT2D eigenvalue weighted by Gasteiger charge is 2.06. The van der Waals surface area contributed by atoms with E-state index in [0.29, 0.717) is 5.75 Å². The van der Waals surface area contributed by atoms with Crippen LogP contribution in [-0.2, 0) is 4.79 Å². The van der Waals surface area contributed by atoms with Crippen LogP contribution >= 0.6 is 0 Å². The molecule has 0 saturated carbocycles. The Morgan fingerprint density at radius 2 is 2.06 bits per heavy atom. The van der Waals surface area contributed by atoms with Crippen molar-refractivity contribution in [1.29, 1.82) is 0 Å². The third kappa shape index (κ3) is 3.61. The zero-order chi connectivity index (χ0) is 12.1. The average molecular weight is 222 g/mol. The van der Waals surface area contributed by atoms with E-state index in [1.54, 1.807) is 0 Å². The number of urea groups is 1. The lowest BCUT2D eigenvalue weighted by atomic mass is 10.1. The summed E-state index contributed by atoms with van der Waals surface area (Å²) in [6.07, 6.45) is 0. The van der Waals surface area contributed by atoms with Gasteiger partial charge in [-0.1, -0.05) is 12.1 Å². The van der Waals surface area contributed by atoms with Crippen LogP contribution in [0.5, 0.6) is 5.75 Å². The maximum atomic E-state index is 11.1. The first-order chi connectivity index (χ1) is 7.49. The van der Waals surface area contributed by atoms with Gasteiger partial charge in [-0.15, -0.1) is 0 Å². The van der Waals surface area contributed by atoms with Gasteiger partial charge in [-0.3, -0.25) is 10.1 Å². The molecule has 0 aromatic heterocycles. The molecule has 0 aliphatic rings. The molecule has 0 atom stereocenters. The predicted molar refractivity (Wildman–Crippen MR) is 59.1 cm³/mol. The van der Waals surface area contributed by atoms with Gasteiger partial charge in [0.2, 0.25) is 0 Å². The second-order valence-corrected chi connectivity index (χ2v) is 3.47. The number of imide groups is 1. The molecule has 0 saturated heterocycles. The minimum Gasteiger partial charge on any atom is -0.483 e. The number of aryl methyl sites for hydroxylation is 2. The summed E-state index contributed by atoms with van der Waals surface area (Å²) < 4.78 is 5.26. The Balaban J connectivity index is 2.57. The molecule has 0 bridgehead atoms. The van der Waals surface area contributed by atoms with E-state index in [-0.39, 0.29) is 6.61 Å². The molecule has 3 N–H and O–H groups in total. The van der Waals surface area contributed by atoms with Crippen LogP contribution in [0, 0.1) is 13.8 Å². The van der Waals surface area contributed by atoms with Gasteiger partial charge in [-0.05, 0) is 31.0 Å². The first-order valence-corrected chi connectivity index (χ1v) is 4.78. The van der Waals surface area contributed by atoms with Gasteiger partial charge in [-0.25, -0.2) is 4.79 Å². The number of benzene rings is 1. The highest BCUT2D eigenvalue weighted by atomic mass is 16.5. The molecule has 3 amide bonds. The fourth-order valence-electron chi connectivity index (χ4n) is 1.18. The van der Waals surface area contributed by atoms with Crippen molar-refractivity contribution in [2.45, 2.75) is 13.8 Å². The first kappa shape index (κ1) is 12.0. The number of nitrogens with one attached hydrogen (secondary N) is 1. The SMILES string of the molecule is Cc1ccc(C)c(OCC(=O)NC(N)=O)c1. The third-order valence-corrected chi connectivity index (χ3v) is 1.97. The van der Waals surface area contributed by atoms with E-state index in [1.807, 2.05) is 37.4 Å². The zero-order valence-corrected chi connectivity index (χ0v) is 9.24. The van der Waals surface area contributed by atoms with E-state index >= 15 is 0 Å². The van der Waals surface area contributed by atoms with Gasteiger partial charge in [0.1, 0.15) is 5.75 Å². The lowest BCUT2D eigenvalue weighted by Crippen LogP contribution is -2.38. The zero-order valence-electron chi connectivity index (χ0n) is 9.24. The van der Waals surface area contributed by atoms with E-state index in [2.05, 4.69) is 0 Å². The molecule has 0 radical (unpaired) electrons. The summed E-state index contributed by atoms with van der Waals surface area (Å²) in [5, 5.41) is 1.92. The summed E-state index contributed by atoms with van der Waals surface area (Å²) in [5.41, 5.74) is 6.76. The fourth-order valence-corrected chi connectivity index (χ4v) is 1.18. The van der Waals surface area contributed by atoms with Crippen molar-refractivity contribution in [3.8, 4) is 5.75 Å². The number of primary amides is 1. The Kier molecular flexibility index (Phi) is 3.88. The van der Waals surface area contributed by atoms with E-state index in [4.69, 9.17) is 10.5 Å². The quantitative estimate of drug-likeness (QED) is 0.796. The number of carbonyl (C=O) groups excluding carboxylic acids is 2. The van der Waals surface area contributed by atoms with Gasteiger partial charge in [0.25, 0.3) is 5.91 Å². The van der Waals surface area contributed by atoms with Crippen LogP contribution in [0.25, 0.3) is 0 Å². The number of rotatable bonds is 3. The summed E-state index contributed by atoms with van der Waals surface area (Å²) in [6.45, 7) is 3.57. The molecule has 86 valence electrons. The van der Waals surface area contributed by atoms with Crippen LogP contribution in [0.1, 0.15) is 11.1 Å². The number of hydrogen-bond acceptors (Lipinski definition) is 3. The highest BCUT2D eigenvalue weighted by Crippen LogP contribution is 2.18. The highest BCUT2D eigenvalue weighted by molar-refractivity contribution is 5.94. The molecule has 0 aliphatic carbocycles. The molecule has 1 aromatic rings.